The Morgan fingerprint density at radius 1 is 1.29 bits per heavy atom. The zero-order valence-corrected chi connectivity index (χ0v) is 17.9. The number of rotatable bonds is 6. The van der Waals surface area contributed by atoms with E-state index in [2.05, 4.69) is 10.3 Å². The Bertz CT molecular complexity index is 1100. The van der Waals surface area contributed by atoms with Gasteiger partial charge in [0.2, 0.25) is 17.7 Å². The number of hydrogen-bond acceptors (Lipinski definition) is 5. The molecule has 7 nitrogen and oxygen atoms in total. The van der Waals surface area contributed by atoms with Gasteiger partial charge in [-0.25, -0.2) is 9.78 Å². The standard InChI is InChI=1S/C23H22ClN3O4/c1-14(27-13-20(30-23(27)29)18-4-3-5-19(24)11-18)10-16-6-8-17(9-7-16)22-25-12-21(31-22)26-15(2)28/h3-9,11-12,14,20H,10,13H2,1-2H3,(H,26,28). The summed E-state index contributed by atoms with van der Waals surface area (Å²) in [6.45, 7) is 3.90. The second-order valence-electron chi connectivity index (χ2n) is 7.54. The van der Waals surface area contributed by atoms with Gasteiger partial charge in [0, 0.05) is 23.6 Å². The van der Waals surface area contributed by atoms with E-state index >= 15 is 0 Å². The lowest BCUT2D eigenvalue weighted by molar-refractivity contribution is -0.114. The molecule has 0 bridgehead atoms. The van der Waals surface area contributed by atoms with Crippen LogP contribution in [-0.4, -0.2) is 34.5 Å². The summed E-state index contributed by atoms with van der Waals surface area (Å²) in [5, 5.41) is 3.18. The van der Waals surface area contributed by atoms with Crippen LogP contribution in [0.3, 0.4) is 0 Å². The topological polar surface area (TPSA) is 84.7 Å². The highest BCUT2D eigenvalue weighted by Crippen LogP contribution is 2.30. The number of nitrogens with one attached hydrogen (secondary N) is 1. The summed E-state index contributed by atoms with van der Waals surface area (Å²) in [5.41, 5.74) is 2.77. The second kappa shape index (κ2) is 8.81. The third-order valence-corrected chi connectivity index (χ3v) is 5.36. The number of carbonyl (C=O) groups is 2. The molecule has 1 aliphatic rings. The molecule has 1 aliphatic heterocycles. The number of hydrogen-bond donors (Lipinski definition) is 1. The number of amides is 2. The molecule has 160 valence electrons. The first-order valence-corrected chi connectivity index (χ1v) is 10.3. The summed E-state index contributed by atoms with van der Waals surface area (Å²) in [6.07, 6.45) is 1.51. The maximum absolute atomic E-state index is 12.4. The lowest BCUT2D eigenvalue weighted by atomic mass is 10.0. The van der Waals surface area contributed by atoms with Gasteiger partial charge in [-0.2, -0.15) is 0 Å². The fourth-order valence-electron chi connectivity index (χ4n) is 3.59. The maximum Gasteiger partial charge on any atom is 0.410 e. The molecule has 3 aromatic rings. The van der Waals surface area contributed by atoms with Gasteiger partial charge in [0.25, 0.3) is 0 Å². The van der Waals surface area contributed by atoms with Crippen LogP contribution in [0.5, 0.6) is 0 Å². The molecule has 2 atom stereocenters. The predicted molar refractivity (Wildman–Crippen MR) is 117 cm³/mol. The second-order valence-corrected chi connectivity index (χ2v) is 7.98. The summed E-state index contributed by atoms with van der Waals surface area (Å²) in [7, 11) is 0. The van der Waals surface area contributed by atoms with Crippen molar-refractivity contribution in [1.82, 2.24) is 9.88 Å². The highest BCUT2D eigenvalue weighted by atomic mass is 35.5. The Labute approximate surface area is 185 Å². The van der Waals surface area contributed by atoms with Crippen LogP contribution in [0.1, 0.15) is 31.1 Å². The molecule has 0 saturated carbocycles. The van der Waals surface area contributed by atoms with Crippen molar-refractivity contribution in [2.45, 2.75) is 32.4 Å². The molecule has 2 heterocycles. The number of aromatic nitrogens is 1. The van der Waals surface area contributed by atoms with Gasteiger partial charge in [0.15, 0.2) is 0 Å². The number of ether oxygens (including phenoxy) is 1. The molecule has 2 amide bonds. The fourth-order valence-corrected chi connectivity index (χ4v) is 3.79. The number of oxazole rings is 1. The summed E-state index contributed by atoms with van der Waals surface area (Å²) >= 11 is 6.06. The minimum Gasteiger partial charge on any atom is -0.439 e. The monoisotopic (exact) mass is 439 g/mol. The van der Waals surface area contributed by atoms with E-state index < -0.39 is 0 Å². The van der Waals surface area contributed by atoms with Gasteiger partial charge in [0.1, 0.15) is 6.10 Å². The Morgan fingerprint density at radius 2 is 2.06 bits per heavy atom. The Kier molecular flexibility index (Phi) is 5.95. The zero-order chi connectivity index (χ0) is 22.0. The molecule has 1 fully saturated rings. The van der Waals surface area contributed by atoms with Crippen molar-refractivity contribution in [3.05, 3.63) is 70.9 Å². The van der Waals surface area contributed by atoms with Crippen LogP contribution in [0.15, 0.2) is 59.1 Å². The molecule has 1 N–H and O–H groups in total. The van der Waals surface area contributed by atoms with E-state index in [9.17, 15) is 9.59 Å². The van der Waals surface area contributed by atoms with Crippen molar-refractivity contribution in [2.24, 2.45) is 0 Å². The Morgan fingerprint density at radius 3 is 2.77 bits per heavy atom. The van der Waals surface area contributed by atoms with Crippen molar-refractivity contribution in [1.29, 1.82) is 0 Å². The average molecular weight is 440 g/mol. The van der Waals surface area contributed by atoms with Crippen molar-refractivity contribution < 1.29 is 18.7 Å². The van der Waals surface area contributed by atoms with E-state index in [1.54, 1.807) is 11.0 Å². The maximum atomic E-state index is 12.4. The predicted octanol–water partition coefficient (Wildman–Crippen LogP) is 5.08. The molecule has 1 saturated heterocycles. The molecular formula is C23H22ClN3O4. The lowest BCUT2D eigenvalue weighted by Crippen LogP contribution is -2.35. The molecule has 4 rings (SSSR count). The van der Waals surface area contributed by atoms with Crippen LogP contribution in [0.25, 0.3) is 11.5 Å². The van der Waals surface area contributed by atoms with Gasteiger partial charge in [-0.3, -0.25) is 10.1 Å². The fraction of sp³-hybridized carbons (Fsp3) is 0.261. The van der Waals surface area contributed by atoms with Crippen LogP contribution < -0.4 is 5.32 Å². The third kappa shape index (κ3) is 4.88. The zero-order valence-electron chi connectivity index (χ0n) is 17.2. The normalized spacial score (nSPS) is 16.8. The SMILES string of the molecule is CC(=O)Nc1cnc(-c2ccc(CC(C)N3CC(c4cccc(Cl)c4)OC3=O)cc2)o1. The van der Waals surface area contributed by atoms with Crippen molar-refractivity contribution in [3.63, 3.8) is 0 Å². The number of carbonyl (C=O) groups excluding carboxylic acids is 2. The van der Waals surface area contributed by atoms with E-state index in [-0.39, 0.29) is 24.1 Å². The summed E-state index contributed by atoms with van der Waals surface area (Å²) in [5.74, 6) is 0.517. The number of nitrogens with zero attached hydrogens (tertiary/aromatic N) is 2. The minimum absolute atomic E-state index is 0.0318. The first-order chi connectivity index (χ1) is 14.9. The molecule has 0 radical (unpaired) electrons. The lowest BCUT2D eigenvalue weighted by Gasteiger charge is -2.22. The molecular weight excluding hydrogens is 418 g/mol. The van der Waals surface area contributed by atoms with Crippen LogP contribution in [-0.2, 0) is 16.0 Å². The largest absolute Gasteiger partial charge is 0.439 e. The third-order valence-electron chi connectivity index (χ3n) is 5.13. The number of benzene rings is 2. The van der Waals surface area contributed by atoms with Gasteiger partial charge >= 0.3 is 6.09 Å². The quantitative estimate of drug-likeness (QED) is 0.579. The van der Waals surface area contributed by atoms with Gasteiger partial charge < -0.3 is 14.1 Å². The van der Waals surface area contributed by atoms with Gasteiger partial charge in [-0.15, -0.1) is 0 Å². The van der Waals surface area contributed by atoms with Crippen LogP contribution in [0, 0.1) is 0 Å². The highest BCUT2D eigenvalue weighted by molar-refractivity contribution is 6.30. The molecule has 2 unspecified atom stereocenters. The summed E-state index contributed by atoms with van der Waals surface area (Å²) in [6, 6.07) is 15.1. The summed E-state index contributed by atoms with van der Waals surface area (Å²) < 4.78 is 11.1. The van der Waals surface area contributed by atoms with E-state index in [0.717, 1.165) is 16.7 Å². The number of halogens is 1. The van der Waals surface area contributed by atoms with E-state index in [1.807, 2.05) is 49.4 Å². The Hall–Kier alpha value is -3.32. The highest BCUT2D eigenvalue weighted by Gasteiger charge is 2.35. The minimum atomic E-state index is -0.320. The van der Waals surface area contributed by atoms with Crippen LogP contribution in [0.4, 0.5) is 10.7 Å². The summed E-state index contributed by atoms with van der Waals surface area (Å²) in [4.78, 5) is 29.5. The van der Waals surface area contributed by atoms with Gasteiger partial charge in [-0.05, 0) is 48.7 Å². The molecule has 2 aromatic carbocycles. The first kappa shape index (κ1) is 20.9. The van der Waals surface area contributed by atoms with Crippen molar-refractivity contribution in [3.8, 4) is 11.5 Å². The average Bonchev–Trinajstić information content (AvgIpc) is 3.35. The van der Waals surface area contributed by atoms with Crippen LogP contribution in [0.2, 0.25) is 5.02 Å². The molecule has 0 spiro atoms. The van der Waals surface area contributed by atoms with E-state index in [0.29, 0.717) is 29.8 Å². The van der Waals surface area contributed by atoms with E-state index in [1.165, 1.54) is 13.1 Å². The molecule has 1 aromatic heterocycles. The number of cyclic esters (lactones) is 1. The molecule has 31 heavy (non-hydrogen) atoms. The first-order valence-electron chi connectivity index (χ1n) is 9.94. The molecule has 8 heteroatoms. The van der Waals surface area contributed by atoms with Gasteiger partial charge in [-0.1, -0.05) is 35.9 Å². The van der Waals surface area contributed by atoms with Gasteiger partial charge in [0.05, 0.1) is 12.7 Å². The van der Waals surface area contributed by atoms with Crippen molar-refractivity contribution >= 4 is 29.5 Å². The molecule has 0 aliphatic carbocycles. The Balaban J connectivity index is 1.39. The van der Waals surface area contributed by atoms with Crippen molar-refractivity contribution in [2.75, 3.05) is 11.9 Å². The number of anilines is 1. The van der Waals surface area contributed by atoms with E-state index in [4.69, 9.17) is 20.8 Å². The smallest absolute Gasteiger partial charge is 0.410 e. The van der Waals surface area contributed by atoms with Crippen LogP contribution >= 0.6 is 11.6 Å².